The van der Waals surface area contributed by atoms with Crippen LogP contribution in [0.2, 0.25) is 5.02 Å². The van der Waals surface area contributed by atoms with Crippen molar-refractivity contribution in [3.8, 4) is 5.75 Å². The molecule has 0 unspecified atom stereocenters. The number of nitro groups is 1. The summed E-state index contributed by atoms with van der Waals surface area (Å²) in [5, 5.41) is 11.4. The van der Waals surface area contributed by atoms with E-state index in [0.717, 1.165) is 12.1 Å². The van der Waals surface area contributed by atoms with Gasteiger partial charge < -0.3 is 4.74 Å². The van der Waals surface area contributed by atoms with Crippen LogP contribution in [0.25, 0.3) is 0 Å². The molecule has 0 bridgehead atoms. The van der Waals surface area contributed by atoms with Gasteiger partial charge in [-0.25, -0.2) is 8.42 Å². The van der Waals surface area contributed by atoms with E-state index < -0.39 is 25.5 Å². The zero-order valence-electron chi connectivity index (χ0n) is 11.3. The van der Waals surface area contributed by atoms with Crippen LogP contribution in [-0.4, -0.2) is 20.5 Å². The van der Waals surface area contributed by atoms with Gasteiger partial charge >= 0.3 is 0 Å². The number of nitrogens with one attached hydrogen (secondary N) is 1. The molecule has 2 aromatic carbocycles. The number of halogens is 1. The van der Waals surface area contributed by atoms with E-state index in [-0.39, 0.29) is 11.4 Å². The Balaban J connectivity index is 2.47. The Morgan fingerprint density at radius 3 is 2.55 bits per heavy atom. The smallest absolute Gasteiger partial charge is 0.293 e. The lowest BCUT2D eigenvalue weighted by Crippen LogP contribution is -2.14. The molecule has 0 aromatic heterocycles. The average molecular weight is 343 g/mol. The lowest BCUT2D eigenvalue weighted by Gasteiger charge is -2.09. The van der Waals surface area contributed by atoms with Gasteiger partial charge in [0.1, 0.15) is 5.75 Å². The van der Waals surface area contributed by atoms with Gasteiger partial charge in [0.05, 0.1) is 23.8 Å². The maximum absolute atomic E-state index is 12.3. The van der Waals surface area contributed by atoms with E-state index in [2.05, 4.69) is 4.72 Å². The topological polar surface area (TPSA) is 98.5 Å². The van der Waals surface area contributed by atoms with Gasteiger partial charge in [-0.05, 0) is 30.3 Å². The highest BCUT2D eigenvalue weighted by atomic mass is 35.5. The summed E-state index contributed by atoms with van der Waals surface area (Å²) in [5.41, 5.74) is -0.369. The monoisotopic (exact) mass is 342 g/mol. The van der Waals surface area contributed by atoms with Crippen LogP contribution in [0.5, 0.6) is 5.75 Å². The van der Waals surface area contributed by atoms with Crippen molar-refractivity contribution in [1.29, 1.82) is 0 Å². The molecule has 0 heterocycles. The van der Waals surface area contributed by atoms with Crippen LogP contribution in [0.3, 0.4) is 0 Å². The van der Waals surface area contributed by atoms with Gasteiger partial charge in [0.15, 0.2) is 4.90 Å². The number of nitrogens with zero attached hydrogens (tertiary/aromatic N) is 1. The van der Waals surface area contributed by atoms with Crippen LogP contribution in [0, 0.1) is 10.1 Å². The van der Waals surface area contributed by atoms with Crippen molar-refractivity contribution in [1.82, 2.24) is 0 Å². The Morgan fingerprint density at radius 1 is 1.23 bits per heavy atom. The Hall–Kier alpha value is -2.32. The summed E-state index contributed by atoms with van der Waals surface area (Å²) in [5.74, 6) is 0.188. The summed E-state index contributed by atoms with van der Waals surface area (Å²) in [6.45, 7) is 0. The van der Waals surface area contributed by atoms with E-state index in [4.69, 9.17) is 16.3 Å². The number of nitro benzene ring substituents is 1. The summed E-state index contributed by atoms with van der Waals surface area (Å²) in [6, 6.07) is 9.51. The second-order valence-electron chi connectivity index (χ2n) is 4.21. The molecule has 7 nitrogen and oxygen atoms in total. The molecule has 0 aliphatic rings. The fraction of sp³-hybridized carbons (Fsp3) is 0.0769. The molecule has 2 rings (SSSR count). The minimum Gasteiger partial charge on any atom is -0.497 e. The molecule has 0 radical (unpaired) electrons. The fourth-order valence-electron chi connectivity index (χ4n) is 1.76. The molecule has 2 aromatic rings. The van der Waals surface area contributed by atoms with Crippen molar-refractivity contribution in [3.05, 3.63) is 57.6 Å². The van der Waals surface area contributed by atoms with Crippen molar-refractivity contribution in [2.45, 2.75) is 4.90 Å². The summed E-state index contributed by atoms with van der Waals surface area (Å²) in [4.78, 5) is 9.84. The standard InChI is InChI=1S/C13H11ClN2O5S/c1-21-11-5-6-13(12(8-11)16(17)18)22(19,20)15-10-4-2-3-9(14)7-10/h2-8,15H,1H3. The lowest BCUT2D eigenvalue weighted by atomic mass is 10.3. The third kappa shape index (κ3) is 3.46. The Bertz CT molecular complexity index is 823. The summed E-state index contributed by atoms with van der Waals surface area (Å²) >= 11 is 5.78. The fourth-order valence-corrected chi connectivity index (χ4v) is 3.15. The Kier molecular flexibility index (Phi) is 4.53. The van der Waals surface area contributed by atoms with Gasteiger partial charge in [0, 0.05) is 5.02 Å². The van der Waals surface area contributed by atoms with Crippen LogP contribution in [0.1, 0.15) is 0 Å². The molecule has 22 heavy (non-hydrogen) atoms. The van der Waals surface area contributed by atoms with Crippen molar-refractivity contribution in [2.75, 3.05) is 11.8 Å². The molecule has 1 N–H and O–H groups in total. The number of rotatable bonds is 5. The van der Waals surface area contributed by atoms with E-state index in [0.29, 0.717) is 5.02 Å². The third-order valence-electron chi connectivity index (χ3n) is 2.73. The van der Waals surface area contributed by atoms with Gasteiger partial charge in [-0.2, -0.15) is 0 Å². The number of ether oxygens (including phenoxy) is 1. The molecule has 0 aliphatic carbocycles. The van der Waals surface area contributed by atoms with E-state index in [9.17, 15) is 18.5 Å². The van der Waals surface area contributed by atoms with Crippen LogP contribution in [0.4, 0.5) is 11.4 Å². The van der Waals surface area contributed by atoms with Gasteiger partial charge in [-0.3, -0.25) is 14.8 Å². The summed E-state index contributed by atoms with van der Waals surface area (Å²) in [6.07, 6.45) is 0. The molecule has 0 amide bonds. The van der Waals surface area contributed by atoms with E-state index >= 15 is 0 Å². The van der Waals surface area contributed by atoms with Crippen molar-refractivity contribution in [3.63, 3.8) is 0 Å². The molecule has 0 aliphatic heterocycles. The average Bonchev–Trinajstić information content (AvgIpc) is 2.46. The normalized spacial score (nSPS) is 11.0. The third-order valence-corrected chi connectivity index (χ3v) is 4.39. The van der Waals surface area contributed by atoms with Crippen LogP contribution in [-0.2, 0) is 10.0 Å². The Morgan fingerprint density at radius 2 is 1.95 bits per heavy atom. The second-order valence-corrected chi connectivity index (χ2v) is 6.29. The first-order valence-corrected chi connectivity index (χ1v) is 7.80. The van der Waals surface area contributed by atoms with Gasteiger partial charge in [0.2, 0.25) is 0 Å². The largest absolute Gasteiger partial charge is 0.497 e. The first-order valence-electron chi connectivity index (χ1n) is 5.94. The quantitative estimate of drug-likeness (QED) is 0.665. The minimum absolute atomic E-state index is 0.188. The second kappa shape index (κ2) is 6.20. The lowest BCUT2D eigenvalue weighted by molar-refractivity contribution is -0.387. The minimum atomic E-state index is -4.14. The molecular formula is C13H11ClN2O5S. The molecule has 0 spiro atoms. The number of benzene rings is 2. The molecule has 0 atom stereocenters. The summed E-state index contributed by atoms with van der Waals surface area (Å²) in [7, 11) is -2.81. The maximum atomic E-state index is 12.3. The summed E-state index contributed by atoms with van der Waals surface area (Å²) < 4.78 is 31.8. The highest BCUT2D eigenvalue weighted by molar-refractivity contribution is 7.92. The zero-order chi connectivity index (χ0) is 16.3. The Labute approximate surface area is 131 Å². The molecule has 0 fully saturated rings. The van der Waals surface area contributed by atoms with E-state index in [1.54, 1.807) is 12.1 Å². The molecule has 9 heteroatoms. The number of sulfonamides is 1. The first-order chi connectivity index (χ1) is 10.3. The van der Waals surface area contributed by atoms with Crippen LogP contribution in [0.15, 0.2) is 47.4 Å². The predicted octanol–water partition coefficient (Wildman–Crippen LogP) is 3.06. The molecule has 0 saturated heterocycles. The molecule has 116 valence electrons. The van der Waals surface area contributed by atoms with Crippen LogP contribution >= 0.6 is 11.6 Å². The number of hydrogen-bond acceptors (Lipinski definition) is 5. The van der Waals surface area contributed by atoms with E-state index in [1.807, 2.05) is 0 Å². The van der Waals surface area contributed by atoms with Gasteiger partial charge in [-0.1, -0.05) is 17.7 Å². The van der Waals surface area contributed by atoms with Crippen molar-refractivity contribution >= 4 is 33.0 Å². The van der Waals surface area contributed by atoms with Gasteiger partial charge in [0.25, 0.3) is 15.7 Å². The highest BCUT2D eigenvalue weighted by Gasteiger charge is 2.26. The molecule has 0 saturated carbocycles. The SMILES string of the molecule is COc1ccc(S(=O)(=O)Nc2cccc(Cl)c2)c([N+](=O)[O-])c1. The first kappa shape index (κ1) is 16.1. The highest BCUT2D eigenvalue weighted by Crippen LogP contribution is 2.30. The van der Waals surface area contributed by atoms with Crippen LogP contribution < -0.4 is 9.46 Å². The maximum Gasteiger partial charge on any atom is 0.293 e. The molecular weight excluding hydrogens is 332 g/mol. The van der Waals surface area contributed by atoms with E-state index in [1.165, 1.54) is 25.3 Å². The number of methoxy groups -OCH3 is 1. The van der Waals surface area contributed by atoms with Crippen molar-refractivity contribution < 1.29 is 18.1 Å². The zero-order valence-corrected chi connectivity index (χ0v) is 12.9. The number of anilines is 1. The predicted molar refractivity (Wildman–Crippen MR) is 81.9 cm³/mol. The van der Waals surface area contributed by atoms with Crippen molar-refractivity contribution in [2.24, 2.45) is 0 Å². The van der Waals surface area contributed by atoms with Gasteiger partial charge in [-0.15, -0.1) is 0 Å². The number of hydrogen-bond donors (Lipinski definition) is 1.